The average molecular weight is 403 g/mol. The van der Waals surface area contributed by atoms with E-state index in [9.17, 15) is 0 Å². The van der Waals surface area contributed by atoms with Gasteiger partial charge in [0.15, 0.2) is 5.82 Å². The van der Waals surface area contributed by atoms with Crippen molar-refractivity contribution < 1.29 is 0 Å². The normalized spacial score (nSPS) is 15.4. The topological polar surface area (TPSA) is 129 Å². The molecule has 1 aliphatic heterocycles. The molecule has 2 aromatic heterocycles. The van der Waals surface area contributed by atoms with Gasteiger partial charge in [-0.3, -0.25) is 4.90 Å². The fourth-order valence-corrected chi connectivity index (χ4v) is 3.71. The number of benzene rings is 1. The number of nitrogens with zero attached hydrogens (tertiary/aromatic N) is 7. The van der Waals surface area contributed by atoms with Gasteiger partial charge in [-0.1, -0.05) is 28.9 Å². The molecule has 0 amide bonds. The number of rotatable bonds is 7. The lowest BCUT2D eigenvalue weighted by Crippen LogP contribution is -2.45. The molecule has 1 saturated heterocycles. The predicted molar refractivity (Wildman–Crippen MR) is 106 cm³/mol. The highest BCUT2D eigenvalue weighted by Crippen LogP contribution is 2.22. The van der Waals surface area contributed by atoms with Gasteiger partial charge >= 0.3 is 0 Å². The number of hydrogen-bond acceptors (Lipinski definition) is 8. The van der Waals surface area contributed by atoms with Crippen LogP contribution in [0.3, 0.4) is 0 Å². The van der Waals surface area contributed by atoms with E-state index in [2.05, 4.69) is 57.7 Å². The summed E-state index contributed by atoms with van der Waals surface area (Å²) in [4.78, 5) is 8.82. The number of halogens is 1. The number of H-pyrrole nitrogens is 2. The summed E-state index contributed by atoms with van der Waals surface area (Å²) in [6.07, 6.45) is 2.95. The van der Waals surface area contributed by atoms with Crippen molar-refractivity contribution in [2.24, 2.45) is 0 Å². The molecule has 0 saturated carbocycles. The quantitative estimate of drug-likeness (QED) is 0.538. The van der Waals surface area contributed by atoms with Gasteiger partial charge in [0.05, 0.1) is 6.54 Å². The number of piperidine rings is 1. The number of hydrogen-bond donors (Lipinski definition) is 3. The van der Waals surface area contributed by atoms with Crippen LogP contribution >= 0.6 is 11.6 Å². The van der Waals surface area contributed by atoms with Crippen molar-refractivity contribution in [1.82, 2.24) is 40.7 Å². The van der Waals surface area contributed by atoms with E-state index in [-0.39, 0.29) is 0 Å². The summed E-state index contributed by atoms with van der Waals surface area (Å²) in [6.45, 7) is 3.34. The van der Waals surface area contributed by atoms with Gasteiger partial charge < -0.3 is 10.6 Å². The summed E-state index contributed by atoms with van der Waals surface area (Å²) in [5.41, 5.74) is 6.91. The predicted octanol–water partition coefficient (Wildman–Crippen LogP) is 1.27. The van der Waals surface area contributed by atoms with Crippen LogP contribution in [0.5, 0.6) is 0 Å². The number of nitrogens with one attached hydrogen (secondary N) is 2. The van der Waals surface area contributed by atoms with Crippen LogP contribution in [-0.4, -0.2) is 66.4 Å². The molecule has 3 heterocycles. The van der Waals surface area contributed by atoms with Gasteiger partial charge in [0, 0.05) is 30.7 Å². The zero-order valence-electron chi connectivity index (χ0n) is 15.4. The smallest absolute Gasteiger partial charge is 0.246 e. The average Bonchev–Trinajstić information content (AvgIpc) is 3.38. The fourth-order valence-electron chi connectivity index (χ4n) is 3.58. The molecular weight excluding hydrogens is 380 g/mol. The van der Waals surface area contributed by atoms with Gasteiger partial charge in [-0.25, -0.2) is 5.10 Å². The zero-order valence-corrected chi connectivity index (χ0v) is 16.2. The van der Waals surface area contributed by atoms with Crippen LogP contribution in [0.4, 0.5) is 11.9 Å². The first kappa shape index (κ1) is 18.6. The molecule has 0 atom stereocenters. The molecule has 3 aromatic rings. The van der Waals surface area contributed by atoms with Crippen LogP contribution in [0.1, 0.15) is 24.2 Å². The summed E-state index contributed by atoms with van der Waals surface area (Å²) in [7, 11) is 0. The van der Waals surface area contributed by atoms with Gasteiger partial charge in [0.1, 0.15) is 0 Å². The maximum Gasteiger partial charge on any atom is 0.246 e. The second kappa shape index (κ2) is 8.53. The summed E-state index contributed by atoms with van der Waals surface area (Å²) >= 11 is 5.99. The first-order valence-electron chi connectivity index (χ1n) is 9.31. The number of nitrogen functional groups attached to an aromatic ring is 1. The van der Waals surface area contributed by atoms with E-state index in [0.717, 1.165) is 43.9 Å². The molecule has 10 nitrogen and oxygen atoms in total. The zero-order chi connectivity index (χ0) is 19.3. The van der Waals surface area contributed by atoms with E-state index >= 15 is 0 Å². The monoisotopic (exact) mass is 402 g/mol. The van der Waals surface area contributed by atoms with Gasteiger partial charge in [0.2, 0.25) is 11.9 Å². The van der Waals surface area contributed by atoms with E-state index in [4.69, 9.17) is 17.3 Å². The van der Waals surface area contributed by atoms with Crippen molar-refractivity contribution >= 4 is 23.5 Å². The van der Waals surface area contributed by atoms with Crippen LogP contribution in [0.15, 0.2) is 24.3 Å². The van der Waals surface area contributed by atoms with Crippen molar-refractivity contribution in [3.63, 3.8) is 0 Å². The molecule has 0 spiro atoms. The second-order valence-corrected chi connectivity index (χ2v) is 7.35. The molecule has 1 fully saturated rings. The van der Waals surface area contributed by atoms with E-state index < -0.39 is 0 Å². The SMILES string of the molecule is Nc1nc(N2CCC(N(CCc3ccc(Cl)cc3)Cc3nn[nH]n3)CC2)n[nH]1. The van der Waals surface area contributed by atoms with Crippen molar-refractivity contribution in [3.8, 4) is 0 Å². The summed E-state index contributed by atoms with van der Waals surface area (Å²) < 4.78 is 0. The molecule has 28 heavy (non-hydrogen) atoms. The van der Waals surface area contributed by atoms with Gasteiger partial charge in [-0.05, 0) is 37.0 Å². The lowest BCUT2D eigenvalue weighted by molar-refractivity contribution is 0.158. The molecule has 1 aliphatic rings. The van der Waals surface area contributed by atoms with Crippen LogP contribution < -0.4 is 10.6 Å². The molecule has 0 radical (unpaired) electrons. The van der Waals surface area contributed by atoms with Crippen molar-refractivity contribution in [1.29, 1.82) is 0 Å². The minimum Gasteiger partial charge on any atom is -0.368 e. The van der Waals surface area contributed by atoms with E-state index in [1.165, 1.54) is 5.56 Å². The number of nitrogens with two attached hydrogens (primary N) is 1. The Morgan fingerprint density at radius 1 is 1.18 bits per heavy atom. The van der Waals surface area contributed by atoms with Crippen LogP contribution in [-0.2, 0) is 13.0 Å². The molecular formula is C17H23ClN10. The third-order valence-corrected chi connectivity index (χ3v) is 5.34. The minimum absolute atomic E-state index is 0.346. The Morgan fingerprint density at radius 2 is 1.96 bits per heavy atom. The number of aromatic nitrogens is 7. The van der Waals surface area contributed by atoms with Gasteiger partial charge in [-0.15, -0.1) is 15.3 Å². The highest BCUT2D eigenvalue weighted by atomic mass is 35.5. The Balaban J connectivity index is 1.39. The summed E-state index contributed by atoms with van der Waals surface area (Å²) in [5.74, 6) is 1.72. The largest absolute Gasteiger partial charge is 0.368 e. The van der Waals surface area contributed by atoms with Gasteiger partial charge in [-0.2, -0.15) is 10.2 Å². The standard InChI is InChI=1S/C17H23ClN10/c18-13-3-1-12(2-4-13)5-8-28(11-15-21-25-26-22-15)14-6-9-27(10-7-14)17-20-16(19)23-24-17/h1-4,14H,5-11H2,(H3,19,20,23,24)(H,21,22,25,26). The Kier molecular flexibility index (Phi) is 5.68. The van der Waals surface area contributed by atoms with E-state index in [1.54, 1.807) is 0 Å². The van der Waals surface area contributed by atoms with Crippen molar-refractivity contribution in [3.05, 3.63) is 40.7 Å². The molecule has 4 N–H and O–H groups in total. The summed E-state index contributed by atoms with van der Waals surface area (Å²) in [5, 5.41) is 22.1. The van der Waals surface area contributed by atoms with E-state index in [0.29, 0.717) is 30.3 Å². The first-order valence-corrected chi connectivity index (χ1v) is 9.69. The third kappa shape index (κ3) is 4.57. The molecule has 0 unspecified atom stereocenters. The molecule has 1 aromatic carbocycles. The molecule has 0 aliphatic carbocycles. The Labute approximate surface area is 167 Å². The summed E-state index contributed by atoms with van der Waals surface area (Å²) in [6, 6.07) is 8.44. The maximum atomic E-state index is 5.99. The third-order valence-electron chi connectivity index (χ3n) is 5.09. The first-order chi connectivity index (χ1) is 13.7. The van der Waals surface area contributed by atoms with E-state index in [1.807, 2.05) is 12.1 Å². The van der Waals surface area contributed by atoms with Crippen molar-refractivity contribution in [2.45, 2.75) is 31.8 Å². The Bertz CT molecular complexity index is 854. The Morgan fingerprint density at radius 3 is 2.61 bits per heavy atom. The number of tetrazole rings is 1. The lowest BCUT2D eigenvalue weighted by atomic mass is 10.0. The molecule has 11 heteroatoms. The van der Waals surface area contributed by atoms with Gasteiger partial charge in [0.25, 0.3) is 0 Å². The lowest BCUT2D eigenvalue weighted by Gasteiger charge is -2.37. The highest BCUT2D eigenvalue weighted by molar-refractivity contribution is 6.30. The highest BCUT2D eigenvalue weighted by Gasteiger charge is 2.27. The minimum atomic E-state index is 0.346. The molecule has 0 bridgehead atoms. The molecule has 148 valence electrons. The van der Waals surface area contributed by atoms with Crippen LogP contribution in [0.25, 0.3) is 0 Å². The van der Waals surface area contributed by atoms with Crippen molar-refractivity contribution in [2.75, 3.05) is 30.3 Å². The van der Waals surface area contributed by atoms with Crippen LogP contribution in [0.2, 0.25) is 5.02 Å². The molecule has 4 rings (SSSR count). The second-order valence-electron chi connectivity index (χ2n) is 6.91. The Hall–Kier alpha value is -2.72. The van der Waals surface area contributed by atoms with Crippen LogP contribution in [0, 0.1) is 0 Å². The number of anilines is 2. The number of aromatic amines is 2. The fraction of sp³-hybridized carbons (Fsp3) is 0.471. The maximum absolute atomic E-state index is 5.99.